The molecule has 0 atom stereocenters. The van der Waals surface area contributed by atoms with E-state index in [0.717, 1.165) is 16.7 Å². The van der Waals surface area contributed by atoms with Crippen molar-refractivity contribution in [2.75, 3.05) is 0 Å². The molecule has 0 fully saturated rings. The minimum absolute atomic E-state index is 0.0173. The Bertz CT molecular complexity index is 5960. The number of nitrogens with one attached hydrogen (secondary N) is 2. The van der Waals surface area contributed by atoms with E-state index in [0.29, 0.717) is 33.9 Å². The zero-order valence-electron chi connectivity index (χ0n) is 50.6. The normalized spacial score (nSPS) is 11.6. The molecule has 494 valence electrons. The van der Waals surface area contributed by atoms with Crippen LogP contribution >= 0.6 is 139 Å². The summed E-state index contributed by atoms with van der Waals surface area (Å²) in [6.45, 7) is 0. The highest BCUT2D eigenvalue weighted by Gasteiger charge is 2.36. The van der Waals surface area contributed by atoms with E-state index in [1.165, 1.54) is 24.3 Å². The van der Waals surface area contributed by atoms with E-state index >= 15 is 0 Å². The number of para-hydroxylation sites is 3. The maximum atomic E-state index is 11.9. The van der Waals surface area contributed by atoms with E-state index in [-0.39, 0.29) is 184 Å². The second kappa shape index (κ2) is 26.7. The first-order valence-electron chi connectivity index (χ1n) is 30.0. The van der Waals surface area contributed by atoms with Gasteiger partial charge < -0.3 is 34.0 Å². The Labute approximate surface area is 631 Å². The van der Waals surface area contributed by atoms with Crippen LogP contribution in [0.1, 0.15) is 10.4 Å². The summed E-state index contributed by atoms with van der Waals surface area (Å²) in [7, 11) is 0. The average molecular weight is 1570 g/mol. The summed E-state index contributed by atoms with van der Waals surface area (Å²) in [5.74, 6) is -0.920. The number of aromatic amines is 2. The Balaban J connectivity index is 1.02. The first-order valence-corrected chi connectivity index (χ1v) is 34.6. The lowest BCUT2D eigenvalue weighted by molar-refractivity contribution is 0.0696. The van der Waals surface area contributed by atoms with Crippen LogP contribution in [0.15, 0.2) is 188 Å². The van der Waals surface area contributed by atoms with Gasteiger partial charge in [-0.05, 0) is 59.2 Å². The van der Waals surface area contributed by atoms with Crippen LogP contribution in [0.2, 0.25) is 60.3 Å². The molecule has 8 bridgehead atoms. The molecule has 14 aromatic rings. The van der Waals surface area contributed by atoms with Crippen molar-refractivity contribution in [1.29, 1.82) is 0 Å². The molecule has 0 unspecified atom stereocenters. The number of fused-ring (bicyclic) bond motifs is 20. The van der Waals surface area contributed by atoms with Crippen molar-refractivity contribution in [3.63, 3.8) is 0 Å². The molecule has 0 saturated carbocycles. The van der Waals surface area contributed by atoms with Crippen LogP contribution in [0.3, 0.4) is 0 Å². The van der Waals surface area contributed by atoms with Gasteiger partial charge in [-0.25, -0.2) is 34.7 Å². The number of carbonyl (C=O) groups is 1. The quantitative estimate of drug-likeness (QED) is 0.0986. The van der Waals surface area contributed by atoms with E-state index in [4.69, 9.17) is 188 Å². The Morgan fingerprint density at radius 1 is 0.287 bits per heavy atom. The molecule has 0 radical (unpaired) electrons. The molecule has 3 N–H and O–H groups in total. The Kier molecular flexibility index (Phi) is 17.6. The van der Waals surface area contributed by atoms with Gasteiger partial charge in [0.1, 0.15) is 65.7 Å². The molecule has 2 aliphatic heterocycles. The fourth-order valence-corrected chi connectivity index (χ4v) is 15.4. The van der Waals surface area contributed by atoms with Crippen LogP contribution in [0.25, 0.3) is 123 Å². The van der Waals surface area contributed by atoms with E-state index in [1.807, 2.05) is 127 Å². The number of H-pyrrole nitrogens is 2. The number of carboxylic acids is 1. The van der Waals surface area contributed by atoms with Gasteiger partial charge in [-0.3, -0.25) is 0 Å². The van der Waals surface area contributed by atoms with E-state index in [1.54, 1.807) is 36.4 Å². The van der Waals surface area contributed by atoms with Crippen LogP contribution < -0.4 is 18.9 Å². The maximum absolute atomic E-state index is 11.9. The third kappa shape index (κ3) is 11.5. The number of halogens is 12. The molecular formula is C75H34Cl12N8O6. The molecule has 3 aromatic heterocycles. The summed E-state index contributed by atoms with van der Waals surface area (Å²) in [4.78, 5) is 49.6. The molecule has 2 aliphatic rings. The van der Waals surface area contributed by atoms with Gasteiger partial charge >= 0.3 is 5.97 Å². The van der Waals surface area contributed by atoms with Crippen LogP contribution in [0.4, 0.5) is 0 Å². The number of aromatic carboxylic acids is 1. The minimum Gasteiger partial charge on any atom is -0.478 e. The lowest BCUT2D eigenvalue weighted by atomic mass is 10.0. The molecular weight excluding hydrogens is 1530 g/mol. The van der Waals surface area contributed by atoms with Gasteiger partial charge in [0.05, 0.1) is 89.5 Å². The Hall–Kier alpha value is -9.07. The van der Waals surface area contributed by atoms with Gasteiger partial charge in [0, 0.05) is 16.7 Å². The molecule has 0 spiro atoms. The predicted octanol–water partition coefficient (Wildman–Crippen LogP) is 26.6. The number of benzene rings is 11. The second-order valence-electron chi connectivity index (χ2n) is 22.5. The van der Waals surface area contributed by atoms with Crippen molar-refractivity contribution >= 4 is 189 Å². The van der Waals surface area contributed by atoms with E-state index < -0.39 is 5.97 Å². The standard InChI is InChI=1S/C75H34Cl12N8O6/c76-51-43-47(55(80)63(59(51)84)98-36-30-28-35(29-31-36)75(96)97)71-88-67(43)90-72-49-45(53(78)61(86)65(57(49)82)100-41-26-14-11-23-38(41)33-18-6-2-7-19-33)69(92-72)94-74-50-46(54(79)62(87)66(58(50)83)101-42-27-15-12-24-39(42)34-20-8-3-9-21-34)70(95-74)93-73-48-44(68(89-71)91-73)52(77)60(85)64(56(48)81)99-40-25-13-10-22-37(40)32-16-4-1-5-17-32/h1-31H,(H,96,97)(H2,88,89,90,91,92,93,94,95). The van der Waals surface area contributed by atoms with E-state index in [9.17, 15) is 9.90 Å². The first-order chi connectivity index (χ1) is 48.9. The van der Waals surface area contributed by atoms with Crippen LogP contribution in [-0.2, 0) is 0 Å². The third-order valence-electron chi connectivity index (χ3n) is 16.6. The summed E-state index contributed by atoms with van der Waals surface area (Å²) in [5, 5.41) is 8.46. The molecule has 14 nitrogen and oxygen atoms in total. The molecule has 26 heteroatoms. The summed E-state index contributed by atoms with van der Waals surface area (Å²) in [6.07, 6.45) is 0. The van der Waals surface area contributed by atoms with Gasteiger partial charge in [0.15, 0.2) is 46.3 Å². The summed E-state index contributed by atoms with van der Waals surface area (Å²) < 4.78 is 26.6. The number of ether oxygens (including phenoxy) is 4. The Morgan fingerprint density at radius 3 is 0.901 bits per heavy atom. The first kappa shape index (κ1) is 66.5. The zero-order chi connectivity index (χ0) is 69.8. The highest BCUT2D eigenvalue weighted by atomic mass is 35.5. The molecule has 0 saturated heterocycles. The zero-order valence-corrected chi connectivity index (χ0v) is 59.7. The lowest BCUT2D eigenvalue weighted by Gasteiger charge is -2.17. The molecule has 5 heterocycles. The minimum atomic E-state index is -1.17. The predicted molar refractivity (Wildman–Crippen MR) is 406 cm³/mol. The number of nitrogens with zero attached hydrogens (tertiary/aromatic N) is 6. The molecule has 0 aliphatic carbocycles. The van der Waals surface area contributed by atoms with Gasteiger partial charge in [-0.15, -0.1) is 0 Å². The fourth-order valence-electron chi connectivity index (χ4n) is 12.0. The van der Waals surface area contributed by atoms with Crippen molar-refractivity contribution in [1.82, 2.24) is 39.9 Å². The highest BCUT2D eigenvalue weighted by molar-refractivity contribution is 6.53. The van der Waals surface area contributed by atoms with Crippen molar-refractivity contribution < 1.29 is 28.8 Å². The van der Waals surface area contributed by atoms with Gasteiger partial charge in [0.2, 0.25) is 0 Å². The van der Waals surface area contributed by atoms with Crippen molar-refractivity contribution in [2.45, 2.75) is 0 Å². The van der Waals surface area contributed by atoms with Gasteiger partial charge in [-0.1, -0.05) is 285 Å². The van der Waals surface area contributed by atoms with Crippen molar-refractivity contribution in [3.8, 4) is 125 Å². The highest BCUT2D eigenvalue weighted by Crippen LogP contribution is 2.58. The van der Waals surface area contributed by atoms with Gasteiger partial charge in [0.25, 0.3) is 0 Å². The van der Waals surface area contributed by atoms with Crippen LogP contribution in [0.5, 0.6) is 46.0 Å². The largest absolute Gasteiger partial charge is 0.478 e. The van der Waals surface area contributed by atoms with Crippen LogP contribution in [-0.4, -0.2) is 50.9 Å². The molecule has 16 rings (SSSR count). The lowest BCUT2D eigenvalue weighted by Crippen LogP contribution is -1.95. The summed E-state index contributed by atoms with van der Waals surface area (Å²) in [5.41, 5.74) is 4.55. The fraction of sp³-hybridized carbons (Fsp3) is 0. The van der Waals surface area contributed by atoms with Crippen molar-refractivity contribution in [3.05, 3.63) is 254 Å². The average Bonchev–Trinajstić information content (AvgIpc) is 1.60. The number of carboxylic acid groups (broad SMARTS) is 1. The topological polar surface area (TPSA) is 183 Å². The number of hydrogen-bond acceptors (Lipinski definition) is 11. The summed E-state index contributed by atoms with van der Waals surface area (Å²) in [6, 6.07) is 56.1. The number of rotatable bonds is 12. The summed E-state index contributed by atoms with van der Waals surface area (Å²) >= 11 is 90.3. The SMILES string of the molecule is O=C(O)c1ccc(Oc2c(Cl)c(Cl)c3c4nc5nc(nc6[nH]c(nc7nc(nc([nH]4)c3c2Cl)-c2c(Cl)c(Cl)c(Oc3ccccc3-c3ccccc3)c(Cl)c2-7)c2c(Cl)c(Cl)c(Oc3ccccc3-c3ccccc3)c(Cl)c62)-c2c(Cl)c(Cl)c(Oc3ccccc3-c3ccccc3)c(Cl)c2-5)cc1. The molecule has 101 heavy (non-hydrogen) atoms. The maximum Gasteiger partial charge on any atom is 0.335 e. The number of hydrogen-bond donors (Lipinski definition) is 3. The third-order valence-corrected chi connectivity index (χ3v) is 21.4. The molecule has 0 amide bonds. The Morgan fingerprint density at radius 2 is 0.564 bits per heavy atom. The molecule has 11 aromatic carbocycles. The second-order valence-corrected chi connectivity index (χ2v) is 27.1. The smallest absolute Gasteiger partial charge is 0.335 e. The van der Waals surface area contributed by atoms with Crippen molar-refractivity contribution in [2.24, 2.45) is 0 Å². The monoisotopic (exact) mass is 1560 g/mol. The van der Waals surface area contributed by atoms with Gasteiger partial charge in [-0.2, -0.15) is 0 Å². The van der Waals surface area contributed by atoms with E-state index in [2.05, 4.69) is 9.97 Å². The number of aromatic nitrogens is 8. The van der Waals surface area contributed by atoms with Crippen LogP contribution in [0, 0.1) is 0 Å².